The molecule has 0 aromatic carbocycles. The van der Waals surface area contributed by atoms with Gasteiger partial charge in [0.05, 0.1) is 6.61 Å². The lowest BCUT2D eigenvalue weighted by Gasteiger charge is -2.53. The van der Waals surface area contributed by atoms with Crippen molar-refractivity contribution in [2.75, 3.05) is 13.2 Å². The van der Waals surface area contributed by atoms with Crippen molar-refractivity contribution in [2.24, 2.45) is 29.6 Å². The van der Waals surface area contributed by atoms with Gasteiger partial charge in [-0.3, -0.25) is 4.79 Å². The molecule has 0 atom stereocenters. The van der Waals surface area contributed by atoms with Gasteiger partial charge < -0.3 is 10.4 Å². The molecule has 0 saturated heterocycles. The first-order valence-electron chi connectivity index (χ1n) is 6.66. The number of amides is 1. The van der Waals surface area contributed by atoms with Crippen molar-refractivity contribution in [2.45, 2.75) is 32.1 Å². The molecule has 2 N–H and O–H groups in total. The molecule has 1 amide bonds. The Balaban J connectivity index is 1.69. The minimum Gasteiger partial charge on any atom is -0.395 e. The van der Waals surface area contributed by atoms with Crippen molar-refractivity contribution in [3.63, 3.8) is 0 Å². The van der Waals surface area contributed by atoms with E-state index in [1.165, 1.54) is 32.1 Å². The number of nitrogens with one attached hydrogen (secondary N) is 1. The normalized spacial score (nSPS) is 44.7. The highest BCUT2D eigenvalue weighted by atomic mass is 16.3. The third-order valence-corrected chi connectivity index (χ3v) is 4.94. The second-order valence-electron chi connectivity index (χ2n) is 5.97. The largest absolute Gasteiger partial charge is 0.395 e. The summed E-state index contributed by atoms with van der Waals surface area (Å²) >= 11 is 0. The Hall–Kier alpha value is -0.570. The summed E-state index contributed by atoms with van der Waals surface area (Å²) in [7, 11) is 0. The number of carbonyl (C=O) groups excluding carboxylic acids is 1. The molecule has 0 aromatic rings. The molecule has 0 radical (unpaired) electrons. The lowest BCUT2D eigenvalue weighted by Crippen LogP contribution is -2.51. The third kappa shape index (κ3) is 1.65. The van der Waals surface area contributed by atoms with Crippen LogP contribution in [-0.2, 0) is 4.79 Å². The Morgan fingerprint density at radius 1 is 1.06 bits per heavy atom. The van der Waals surface area contributed by atoms with Crippen LogP contribution in [0, 0.1) is 29.6 Å². The zero-order valence-electron chi connectivity index (χ0n) is 9.69. The van der Waals surface area contributed by atoms with Crippen LogP contribution >= 0.6 is 0 Å². The van der Waals surface area contributed by atoms with Crippen LogP contribution in [0.5, 0.6) is 0 Å². The van der Waals surface area contributed by atoms with E-state index in [-0.39, 0.29) is 18.4 Å². The van der Waals surface area contributed by atoms with Crippen LogP contribution in [0.4, 0.5) is 0 Å². The predicted octanol–water partition coefficient (Wildman–Crippen LogP) is 1.17. The summed E-state index contributed by atoms with van der Waals surface area (Å²) in [6, 6.07) is 0. The van der Waals surface area contributed by atoms with Gasteiger partial charge in [-0.05, 0) is 55.8 Å². The highest BCUT2D eigenvalue weighted by Crippen LogP contribution is 2.56. The topological polar surface area (TPSA) is 49.3 Å². The molecule has 4 bridgehead atoms. The molecule has 90 valence electrons. The van der Waals surface area contributed by atoms with E-state index in [2.05, 4.69) is 5.32 Å². The van der Waals surface area contributed by atoms with E-state index in [0.717, 1.165) is 11.8 Å². The summed E-state index contributed by atoms with van der Waals surface area (Å²) in [6.07, 6.45) is 6.56. The maximum absolute atomic E-state index is 12.1. The highest BCUT2D eigenvalue weighted by Gasteiger charge is 2.50. The Morgan fingerprint density at radius 3 is 2.12 bits per heavy atom. The van der Waals surface area contributed by atoms with Crippen molar-refractivity contribution >= 4 is 5.91 Å². The molecule has 0 unspecified atom stereocenters. The molecular formula is C13H21NO2. The maximum atomic E-state index is 12.1. The number of aliphatic hydroxyl groups is 1. The van der Waals surface area contributed by atoms with Crippen molar-refractivity contribution in [1.82, 2.24) is 5.32 Å². The summed E-state index contributed by atoms with van der Waals surface area (Å²) in [4.78, 5) is 12.1. The van der Waals surface area contributed by atoms with E-state index in [9.17, 15) is 4.79 Å². The molecule has 4 rings (SSSR count). The van der Waals surface area contributed by atoms with Crippen molar-refractivity contribution in [3.05, 3.63) is 0 Å². The fourth-order valence-electron chi connectivity index (χ4n) is 4.65. The van der Waals surface area contributed by atoms with Crippen LogP contribution in [-0.4, -0.2) is 24.2 Å². The second-order valence-corrected chi connectivity index (χ2v) is 5.97. The number of rotatable bonds is 3. The molecule has 0 aromatic heterocycles. The smallest absolute Gasteiger partial charge is 0.223 e. The summed E-state index contributed by atoms with van der Waals surface area (Å²) in [5, 5.41) is 11.6. The molecule has 4 aliphatic carbocycles. The first-order valence-corrected chi connectivity index (χ1v) is 6.66. The van der Waals surface area contributed by atoms with Crippen LogP contribution in [0.2, 0.25) is 0 Å². The zero-order chi connectivity index (χ0) is 11.1. The number of aliphatic hydroxyl groups excluding tert-OH is 1. The van der Waals surface area contributed by atoms with Crippen LogP contribution in [0.15, 0.2) is 0 Å². The van der Waals surface area contributed by atoms with Gasteiger partial charge in [-0.1, -0.05) is 0 Å². The van der Waals surface area contributed by atoms with Gasteiger partial charge in [-0.2, -0.15) is 0 Å². The lowest BCUT2D eigenvalue weighted by molar-refractivity contribution is -0.138. The average molecular weight is 223 g/mol. The zero-order valence-corrected chi connectivity index (χ0v) is 9.69. The van der Waals surface area contributed by atoms with E-state index in [1.54, 1.807) is 0 Å². The molecule has 3 heteroatoms. The Labute approximate surface area is 96.6 Å². The summed E-state index contributed by atoms with van der Waals surface area (Å²) < 4.78 is 0. The van der Waals surface area contributed by atoms with Gasteiger partial charge in [-0.15, -0.1) is 0 Å². The van der Waals surface area contributed by atoms with Gasteiger partial charge in [-0.25, -0.2) is 0 Å². The third-order valence-electron chi connectivity index (χ3n) is 4.94. The SMILES string of the molecule is O=C(NCCO)C1C2CC3CC(C2)CC1C3. The molecule has 4 aliphatic rings. The average Bonchev–Trinajstić information content (AvgIpc) is 2.24. The molecule has 16 heavy (non-hydrogen) atoms. The van der Waals surface area contributed by atoms with E-state index in [4.69, 9.17) is 5.11 Å². The Bertz CT molecular complexity index is 262. The first-order chi connectivity index (χ1) is 7.78. The van der Waals surface area contributed by atoms with Crippen LogP contribution in [0.25, 0.3) is 0 Å². The van der Waals surface area contributed by atoms with Crippen molar-refractivity contribution < 1.29 is 9.90 Å². The molecule has 4 fully saturated rings. The van der Waals surface area contributed by atoms with Gasteiger partial charge in [0.15, 0.2) is 0 Å². The predicted molar refractivity (Wildman–Crippen MR) is 60.6 cm³/mol. The monoisotopic (exact) mass is 223 g/mol. The minimum atomic E-state index is 0.0546. The van der Waals surface area contributed by atoms with Gasteiger partial charge in [0.25, 0.3) is 0 Å². The van der Waals surface area contributed by atoms with Crippen LogP contribution in [0.1, 0.15) is 32.1 Å². The van der Waals surface area contributed by atoms with Crippen LogP contribution in [0.3, 0.4) is 0 Å². The number of hydrogen-bond donors (Lipinski definition) is 2. The summed E-state index contributed by atoms with van der Waals surface area (Å²) in [5.74, 6) is 3.61. The number of hydrogen-bond acceptors (Lipinski definition) is 2. The Kier molecular flexibility index (Phi) is 2.66. The Morgan fingerprint density at radius 2 is 1.62 bits per heavy atom. The van der Waals surface area contributed by atoms with Gasteiger partial charge >= 0.3 is 0 Å². The van der Waals surface area contributed by atoms with E-state index < -0.39 is 0 Å². The summed E-state index contributed by atoms with van der Waals surface area (Å²) in [6.45, 7) is 0.473. The van der Waals surface area contributed by atoms with Gasteiger partial charge in [0, 0.05) is 12.5 Å². The molecule has 0 aliphatic heterocycles. The quantitative estimate of drug-likeness (QED) is 0.754. The first kappa shape index (κ1) is 10.6. The standard InChI is InChI=1S/C13H21NO2/c15-2-1-14-13(16)12-10-4-8-3-9(6-10)7-11(12)5-8/h8-12,15H,1-7H2,(H,14,16). The fourth-order valence-corrected chi connectivity index (χ4v) is 4.65. The molecule has 4 saturated carbocycles. The summed E-state index contributed by atoms with van der Waals surface area (Å²) in [5.41, 5.74) is 0. The molecular weight excluding hydrogens is 202 g/mol. The molecule has 3 nitrogen and oxygen atoms in total. The molecule has 0 heterocycles. The van der Waals surface area contributed by atoms with E-state index in [0.29, 0.717) is 18.4 Å². The van der Waals surface area contributed by atoms with Gasteiger partial charge in [0.2, 0.25) is 5.91 Å². The maximum Gasteiger partial charge on any atom is 0.223 e. The second kappa shape index (κ2) is 4.02. The minimum absolute atomic E-state index is 0.0546. The van der Waals surface area contributed by atoms with E-state index >= 15 is 0 Å². The fraction of sp³-hybridized carbons (Fsp3) is 0.923. The van der Waals surface area contributed by atoms with Crippen LogP contribution < -0.4 is 5.32 Å². The number of carbonyl (C=O) groups is 1. The van der Waals surface area contributed by atoms with Crippen molar-refractivity contribution in [3.8, 4) is 0 Å². The van der Waals surface area contributed by atoms with E-state index in [1.807, 2.05) is 0 Å². The highest BCUT2D eigenvalue weighted by molar-refractivity contribution is 5.79. The lowest BCUT2D eigenvalue weighted by atomic mass is 9.51. The van der Waals surface area contributed by atoms with Gasteiger partial charge in [0.1, 0.15) is 0 Å². The molecule has 0 spiro atoms. The van der Waals surface area contributed by atoms with Crippen molar-refractivity contribution in [1.29, 1.82) is 0 Å².